The predicted octanol–water partition coefficient (Wildman–Crippen LogP) is 4.49. The van der Waals surface area contributed by atoms with Crippen LogP contribution in [0.25, 0.3) is 0 Å². The van der Waals surface area contributed by atoms with Crippen molar-refractivity contribution < 1.29 is 19.1 Å². The number of ether oxygens (including phenoxy) is 2. The summed E-state index contributed by atoms with van der Waals surface area (Å²) in [6.07, 6.45) is 0.401. The molecule has 0 aliphatic rings. The van der Waals surface area contributed by atoms with E-state index in [4.69, 9.17) is 9.47 Å². The fraction of sp³-hybridized carbons (Fsp3) is 0.310. The quantitative estimate of drug-likeness (QED) is 0.420. The molecule has 0 fully saturated rings. The van der Waals surface area contributed by atoms with Crippen molar-refractivity contribution in [1.29, 1.82) is 0 Å². The molecule has 1 N–H and O–H groups in total. The minimum atomic E-state index is -0.690. The molecule has 0 unspecified atom stereocenters. The zero-order valence-electron chi connectivity index (χ0n) is 20.6. The molecule has 6 heteroatoms. The van der Waals surface area contributed by atoms with Crippen LogP contribution in [0.15, 0.2) is 84.9 Å². The largest absolute Gasteiger partial charge is 0.497 e. The average molecular weight is 475 g/mol. The fourth-order valence-electron chi connectivity index (χ4n) is 3.65. The fourth-order valence-corrected chi connectivity index (χ4v) is 3.65. The average Bonchev–Trinajstić information content (AvgIpc) is 2.89. The van der Waals surface area contributed by atoms with Crippen molar-refractivity contribution in [3.8, 4) is 11.5 Å². The summed E-state index contributed by atoms with van der Waals surface area (Å²) >= 11 is 0. The minimum Gasteiger partial charge on any atom is -0.497 e. The molecule has 0 aliphatic carbocycles. The number of para-hydroxylation sites is 1. The molecular weight excluding hydrogens is 440 g/mol. The number of amides is 2. The summed E-state index contributed by atoms with van der Waals surface area (Å²) in [4.78, 5) is 28.5. The summed E-state index contributed by atoms with van der Waals surface area (Å²) in [6.45, 7) is 4.73. The molecule has 2 amide bonds. The first-order valence-corrected chi connectivity index (χ1v) is 11.9. The number of nitrogens with zero attached hydrogens (tertiary/aromatic N) is 1. The van der Waals surface area contributed by atoms with Gasteiger partial charge in [0.05, 0.1) is 7.11 Å². The lowest BCUT2D eigenvalue weighted by molar-refractivity contribution is -0.142. The van der Waals surface area contributed by atoms with Crippen LogP contribution in [0.5, 0.6) is 11.5 Å². The molecule has 3 aromatic rings. The summed E-state index contributed by atoms with van der Waals surface area (Å²) in [6, 6.07) is 25.8. The number of rotatable bonds is 12. The van der Waals surface area contributed by atoms with E-state index in [1.165, 1.54) is 0 Å². The maximum Gasteiger partial charge on any atom is 0.261 e. The number of hydrogen-bond donors (Lipinski definition) is 1. The van der Waals surface area contributed by atoms with Gasteiger partial charge in [0.15, 0.2) is 6.61 Å². The second kappa shape index (κ2) is 13.2. The molecule has 35 heavy (non-hydrogen) atoms. The van der Waals surface area contributed by atoms with Crippen molar-refractivity contribution >= 4 is 11.8 Å². The Hall–Kier alpha value is -3.80. The molecule has 184 valence electrons. The van der Waals surface area contributed by atoms with Crippen LogP contribution >= 0.6 is 0 Å². The molecule has 0 saturated carbocycles. The van der Waals surface area contributed by atoms with Crippen molar-refractivity contribution in [2.75, 3.05) is 20.3 Å². The van der Waals surface area contributed by atoms with Crippen LogP contribution in [0.4, 0.5) is 0 Å². The lowest BCUT2D eigenvalue weighted by Gasteiger charge is -2.31. The van der Waals surface area contributed by atoms with Crippen LogP contribution < -0.4 is 14.8 Å². The molecule has 0 spiro atoms. The monoisotopic (exact) mass is 474 g/mol. The van der Waals surface area contributed by atoms with E-state index in [9.17, 15) is 9.59 Å². The van der Waals surface area contributed by atoms with Crippen molar-refractivity contribution in [2.45, 2.75) is 32.9 Å². The van der Waals surface area contributed by atoms with Gasteiger partial charge in [0, 0.05) is 19.5 Å². The molecule has 0 radical (unpaired) electrons. The van der Waals surface area contributed by atoms with Crippen molar-refractivity contribution in [2.24, 2.45) is 5.92 Å². The Bertz CT molecular complexity index is 1050. The minimum absolute atomic E-state index is 0.164. The molecule has 0 saturated heterocycles. The summed E-state index contributed by atoms with van der Waals surface area (Å²) in [5.74, 6) is 1.20. The van der Waals surface area contributed by atoms with E-state index in [-0.39, 0.29) is 25.0 Å². The molecule has 0 heterocycles. The van der Waals surface area contributed by atoms with Crippen LogP contribution in [0.2, 0.25) is 0 Å². The van der Waals surface area contributed by atoms with Crippen LogP contribution in [0.1, 0.15) is 25.0 Å². The summed E-state index contributed by atoms with van der Waals surface area (Å²) in [5.41, 5.74) is 1.88. The van der Waals surface area contributed by atoms with Gasteiger partial charge in [-0.05, 0) is 41.3 Å². The second-order valence-corrected chi connectivity index (χ2v) is 8.82. The van der Waals surface area contributed by atoms with E-state index in [0.717, 1.165) is 16.9 Å². The van der Waals surface area contributed by atoms with Gasteiger partial charge in [0.2, 0.25) is 5.91 Å². The first-order valence-electron chi connectivity index (χ1n) is 11.9. The molecule has 6 nitrogen and oxygen atoms in total. The van der Waals surface area contributed by atoms with Gasteiger partial charge in [-0.2, -0.15) is 0 Å². The zero-order valence-corrected chi connectivity index (χ0v) is 20.6. The van der Waals surface area contributed by atoms with E-state index in [0.29, 0.717) is 24.6 Å². The highest BCUT2D eigenvalue weighted by atomic mass is 16.5. The predicted molar refractivity (Wildman–Crippen MR) is 137 cm³/mol. The van der Waals surface area contributed by atoms with Gasteiger partial charge in [0.1, 0.15) is 17.5 Å². The van der Waals surface area contributed by atoms with E-state index in [1.807, 2.05) is 86.6 Å². The van der Waals surface area contributed by atoms with Crippen LogP contribution in [0.3, 0.4) is 0 Å². The highest BCUT2D eigenvalue weighted by Gasteiger charge is 2.30. The molecule has 0 aromatic heterocycles. The summed E-state index contributed by atoms with van der Waals surface area (Å²) in [5, 5.41) is 3.02. The third kappa shape index (κ3) is 8.18. The molecule has 0 bridgehead atoms. The SMILES string of the molecule is COc1ccc(CN(C(=O)COc2ccccc2)[C@H](Cc2ccccc2)C(=O)NCC(C)C)cc1. The maximum absolute atomic E-state index is 13.5. The van der Waals surface area contributed by atoms with Crippen LogP contribution in [0, 0.1) is 5.92 Å². The van der Waals surface area contributed by atoms with Gasteiger partial charge in [-0.15, -0.1) is 0 Å². The molecule has 3 aromatic carbocycles. The number of hydrogen-bond acceptors (Lipinski definition) is 4. The van der Waals surface area contributed by atoms with E-state index >= 15 is 0 Å². The van der Waals surface area contributed by atoms with Crippen LogP contribution in [-0.2, 0) is 22.6 Å². The Morgan fingerprint density at radius 3 is 2.06 bits per heavy atom. The maximum atomic E-state index is 13.5. The Morgan fingerprint density at radius 2 is 1.46 bits per heavy atom. The molecular formula is C29H34N2O4. The second-order valence-electron chi connectivity index (χ2n) is 8.82. The van der Waals surface area contributed by atoms with Crippen LogP contribution in [-0.4, -0.2) is 43.0 Å². The number of nitrogens with one attached hydrogen (secondary N) is 1. The first kappa shape index (κ1) is 25.8. The Morgan fingerprint density at radius 1 is 0.829 bits per heavy atom. The van der Waals surface area contributed by atoms with Crippen molar-refractivity contribution in [3.05, 3.63) is 96.1 Å². The number of carbonyl (C=O) groups is 2. The van der Waals surface area contributed by atoms with E-state index < -0.39 is 6.04 Å². The van der Waals surface area contributed by atoms with Crippen molar-refractivity contribution in [1.82, 2.24) is 10.2 Å². The Balaban J connectivity index is 1.89. The lowest BCUT2D eigenvalue weighted by Crippen LogP contribution is -2.52. The Kier molecular flexibility index (Phi) is 9.72. The topological polar surface area (TPSA) is 67.9 Å². The van der Waals surface area contributed by atoms with Gasteiger partial charge in [0.25, 0.3) is 5.91 Å². The summed E-state index contributed by atoms with van der Waals surface area (Å²) in [7, 11) is 1.61. The molecule has 0 aliphatic heterocycles. The first-order chi connectivity index (χ1) is 17.0. The van der Waals surface area contributed by atoms with E-state index in [1.54, 1.807) is 24.1 Å². The molecule has 1 atom stereocenters. The lowest BCUT2D eigenvalue weighted by atomic mass is 10.0. The standard InChI is InChI=1S/C29H34N2O4/c1-22(2)19-30-29(33)27(18-23-10-6-4-7-11-23)31(20-24-14-16-25(34-3)17-15-24)28(32)21-35-26-12-8-5-9-13-26/h4-17,22,27H,18-21H2,1-3H3,(H,30,33)/t27-/m1/s1. The van der Waals surface area contributed by atoms with E-state index in [2.05, 4.69) is 5.32 Å². The van der Waals surface area contributed by atoms with Gasteiger partial charge in [-0.1, -0.05) is 74.5 Å². The number of benzene rings is 3. The van der Waals surface area contributed by atoms with Crippen molar-refractivity contribution in [3.63, 3.8) is 0 Å². The Labute approximate surface area is 207 Å². The van der Waals surface area contributed by atoms with Gasteiger partial charge >= 0.3 is 0 Å². The highest BCUT2D eigenvalue weighted by molar-refractivity contribution is 5.88. The molecule has 3 rings (SSSR count). The third-order valence-electron chi connectivity index (χ3n) is 5.57. The van der Waals surface area contributed by atoms with Gasteiger partial charge in [-0.3, -0.25) is 9.59 Å². The zero-order chi connectivity index (χ0) is 25.0. The number of methoxy groups -OCH3 is 1. The highest BCUT2D eigenvalue weighted by Crippen LogP contribution is 2.18. The number of carbonyl (C=O) groups excluding carboxylic acids is 2. The third-order valence-corrected chi connectivity index (χ3v) is 5.57. The van der Waals surface area contributed by atoms with Gasteiger partial charge < -0.3 is 19.7 Å². The normalized spacial score (nSPS) is 11.5. The summed E-state index contributed by atoms with van der Waals surface area (Å²) < 4.78 is 11.0. The smallest absolute Gasteiger partial charge is 0.261 e. The van der Waals surface area contributed by atoms with Gasteiger partial charge in [-0.25, -0.2) is 0 Å².